The predicted molar refractivity (Wildman–Crippen MR) is 146 cm³/mol. The van der Waals surface area contributed by atoms with Crippen molar-refractivity contribution in [3.8, 4) is 0 Å². The van der Waals surface area contributed by atoms with Crippen molar-refractivity contribution >= 4 is 26.8 Å². The summed E-state index contributed by atoms with van der Waals surface area (Å²) in [6.45, 7) is 7.33. The number of nitrogens with zero attached hydrogens (tertiary/aromatic N) is 5. The first kappa shape index (κ1) is 26.6. The van der Waals surface area contributed by atoms with Crippen molar-refractivity contribution in [3.05, 3.63) is 30.0 Å². The summed E-state index contributed by atoms with van der Waals surface area (Å²) in [5, 5.41) is 8.92. The molecule has 1 N–H and O–H groups in total. The number of piperidine rings is 2. The highest BCUT2D eigenvalue weighted by molar-refractivity contribution is 7.88. The number of benzene rings is 1. The van der Waals surface area contributed by atoms with Gasteiger partial charge in [0.15, 0.2) is 5.69 Å². The number of nitrogens with one attached hydrogen (secondary N) is 1. The van der Waals surface area contributed by atoms with Gasteiger partial charge >= 0.3 is 0 Å². The lowest BCUT2D eigenvalue weighted by Crippen LogP contribution is -2.53. The summed E-state index contributed by atoms with van der Waals surface area (Å²) in [4.78, 5) is 18.3. The van der Waals surface area contributed by atoms with Gasteiger partial charge in [-0.15, -0.1) is 0 Å². The van der Waals surface area contributed by atoms with Crippen LogP contribution in [0.25, 0.3) is 10.9 Å². The van der Waals surface area contributed by atoms with Crippen LogP contribution < -0.4 is 5.32 Å². The Morgan fingerprint density at radius 1 is 1.16 bits per heavy atom. The van der Waals surface area contributed by atoms with Crippen molar-refractivity contribution in [2.75, 3.05) is 39.5 Å². The number of carbonyl (C=O) groups excluding carboxylic acids is 1. The van der Waals surface area contributed by atoms with Gasteiger partial charge in [-0.2, -0.15) is 5.10 Å². The molecule has 37 heavy (non-hydrogen) atoms. The van der Waals surface area contributed by atoms with Gasteiger partial charge in [0.2, 0.25) is 10.0 Å². The Bertz CT molecular complexity index is 1210. The molecule has 4 heterocycles. The Morgan fingerprint density at radius 3 is 2.54 bits per heavy atom. The molecule has 0 spiro atoms. The standard InChI is InChI=1S/C27H42N6O3S/c1-19(2)33-25-10-6-5-9-24(25)26(29-33)27(34)28-20-16-21-11-12-22(17-20)32(21)15-14-30(3)23-8-7-13-31(18-23)37(4,35)36/h5-6,9-10,19-23H,7-8,11-18H2,1-4H3,(H,28,34)/t20?,21-,22+,23?. The third kappa shape index (κ3) is 5.57. The Balaban J connectivity index is 1.17. The van der Waals surface area contributed by atoms with E-state index < -0.39 is 10.0 Å². The van der Waals surface area contributed by atoms with Crippen molar-refractivity contribution in [2.24, 2.45) is 0 Å². The predicted octanol–water partition coefficient (Wildman–Crippen LogP) is 2.70. The zero-order chi connectivity index (χ0) is 26.3. The number of likely N-dealkylation sites (N-methyl/N-ethyl adjacent to an activating group) is 1. The minimum absolute atomic E-state index is 0.0686. The van der Waals surface area contributed by atoms with Crippen LogP contribution in [0.2, 0.25) is 0 Å². The van der Waals surface area contributed by atoms with Crippen LogP contribution in [0.15, 0.2) is 24.3 Å². The lowest BCUT2D eigenvalue weighted by atomic mass is 9.97. The number of fused-ring (bicyclic) bond motifs is 3. The molecular weight excluding hydrogens is 488 g/mol. The molecular formula is C27H42N6O3S. The maximum atomic E-state index is 13.3. The van der Waals surface area contributed by atoms with Crippen LogP contribution >= 0.6 is 0 Å². The topological polar surface area (TPSA) is 90.8 Å². The molecule has 5 rings (SSSR count). The average molecular weight is 531 g/mol. The molecule has 1 amide bonds. The molecule has 3 aliphatic heterocycles. The smallest absolute Gasteiger partial charge is 0.272 e. The molecule has 3 saturated heterocycles. The molecule has 0 aliphatic carbocycles. The number of rotatable bonds is 8. The number of amides is 1. The molecule has 1 aromatic heterocycles. The van der Waals surface area contributed by atoms with Crippen LogP contribution in [0.5, 0.6) is 0 Å². The van der Waals surface area contributed by atoms with E-state index in [1.165, 1.54) is 19.1 Å². The first-order valence-electron chi connectivity index (χ1n) is 13.8. The summed E-state index contributed by atoms with van der Waals surface area (Å²) in [5.41, 5.74) is 1.52. The van der Waals surface area contributed by atoms with E-state index in [2.05, 4.69) is 41.1 Å². The van der Waals surface area contributed by atoms with Crippen LogP contribution in [-0.2, 0) is 10.0 Å². The Kier molecular flexibility index (Phi) is 7.64. The first-order chi connectivity index (χ1) is 17.6. The third-order valence-corrected chi connectivity index (χ3v) is 9.97. The molecule has 204 valence electrons. The van der Waals surface area contributed by atoms with Gasteiger partial charge < -0.3 is 10.2 Å². The Morgan fingerprint density at radius 2 is 1.86 bits per heavy atom. The molecule has 3 fully saturated rings. The molecule has 2 unspecified atom stereocenters. The number of carbonyl (C=O) groups is 1. The van der Waals surface area contributed by atoms with Crippen molar-refractivity contribution in [3.63, 3.8) is 0 Å². The zero-order valence-corrected chi connectivity index (χ0v) is 23.5. The second-order valence-electron chi connectivity index (χ2n) is 11.6. The second kappa shape index (κ2) is 10.6. The van der Waals surface area contributed by atoms with E-state index in [0.717, 1.165) is 49.7 Å². The summed E-state index contributed by atoms with van der Waals surface area (Å²) >= 11 is 0. The van der Waals surface area contributed by atoms with Gasteiger partial charge in [0.05, 0.1) is 11.8 Å². The van der Waals surface area contributed by atoms with Gasteiger partial charge in [0.1, 0.15) is 0 Å². The van der Waals surface area contributed by atoms with E-state index in [1.54, 1.807) is 4.31 Å². The van der Waals surface area contributed by atoms with E-state index in [1.807, 2.05) is 28.9 Å². The van der Waals surface area contributed by atoms with E-state index in [9.17, 15) is 13.2 Å². The van der Waals surface area contributed by atoms with Crippen LogP contribution in [0, 0.1) is 0 Å². The van der Waals surface area contributed by atoms with Gasteiger partial charge in [-0.25, -0.2) is 12.7 Å². The van der Waals surface area contributed by atoms with Crippen molar-refractivity contribution in [1.82, 2.24) is 29.2 Å². The zero-order valence-electron chi connectivity index (χ0n) is 22.6. The fraction of sp³-hybridized carbons (Fsp3) is 0.704. The highest BCUT2D eigenvalue weighted by Gasteiger charge is 2.41. The van der Waals surface area contributed by atoms with Crippen LogP contribution in [-0.4, -0.2) is 102 Å². The average Bonchev–Trinajstić information content (AvgIpc) is 3.37. The number of hydrogen-bond donors (Lipinski definition) is 1. The summed E-state index contributed by atoms with van der Waals surface area (Å²) in [6, 6.07) is 9.58. The van der Waals surface area contributed by atoms with Gasteiger partial charge in [0.25, 0.3) is 5.91 Å². The maximum Gasteiger partial charge on any atom is 0.272 e. The Hall–Kier alpha value is -2.01. The summed E-state index contributed by atoms with van der Waals surface area (Å²) < 4.78 is 27.6. The third-order valence-electron chi connectivity index (χ3n) is 8.70. The monoisotopic (exact) mass is 530 g/mol. The number of aromatic nitrogens is 2. The van der Waals surface area contributed by atoms with Gasteiger partial charge in [-0.3, -0.25) is 14.4 Å². The molecule has 10 heteroatoms. The lowest BCUT2D eigenvalue weighted by Gasteiger charge is -2.41. The van der Waals surface area contributed by atoms with E-state index >= 15 is 0 Å². The fourth-order valence-corrected chi connectivity index (χ4v) is 7.60. The van der Waals surface area contributed by atoms with Gasteiger partial charge in [-0.05, 0) is 65.5 Å². The number of sulfonamides is 1. The number of para-hydroxylation sites is 1. The van der Waals surface area contributed by atoms with Crippen molar-refractivity contribution in [1.29, 1.82) is 0 Å². The first-order valence-corrected chi connectivity index (χ1v) is 15.7. The van der Waals surface area contributed by atoms with E-state index in [4.69, 9.17) is 0 Å². The van der Waals surface area contributed by atoms with Crippen LogP contribution in [0.3, 0.4) is 0 Å². The lowest BCUT2D eigenvalue weighted by molar-refractivity contribution is 0.0767. The van der Waals surface area contributed by atoms with Crippen LogP contribution in [0.4, 0.5) is 0 Å². The summed E-state index contributed by atoms with van der Waals surface area (Å²) in [7, 11) is -1.00. The molecule has 1 aromatic carbocycles. The SMILES string of the molecule is CC(C)n1nc(C(=O)NC2C[C@H]3CC[C@@H](C2)N3CCN(C)C2CCCN(S(C)(=O)=O)C2)c2ccccc21. The number of hydrogen-bond acceptors (Lipinski definition) is 6. The highest BCUT2D eigenvalue weighted by atomic mass is 32.2. The molecule has 0 saturated carbocycles. The molecule has 4 atom stereocenters. The molecule has 3 aliphatic rings. The van der Waals surface area contributed by atoms with Crippen molar-refractivity contribution < 1.29 is 13.2 Å². The van der Waals surface area contributed by atoms with Crippen LogP contribution in [0.1, 0.15) is 68.9 Å². The largest absolute Gasteiger partial charge is 0.348 e. The van der Waals surface area contributed by atoms with E-state index in [-0.39, 0.29) is 24.0 Å². The minimum atomic E-state index is -3.13. The minimum Gasteiger partial charge on any atom is -0.348 e. The van der Waals surface area contributed by atoms with Gasteiger partial charge in [-0.1, -0.05) is 18.2 Å². The molecule has 2 aromatic rings. The van der Waals surface area contributed by atoms with Gasteiger partial charge in [0, 0.05) is 61.8 Å². The summed E-state index contributed by atoms with van der Waals surface area (Å²) in [5.74, 6) is -0.0686. The molecule has 9 nitrogen and oxygen atoms in total. The quantitative estimate of drug-likeness (QED) is 0.565. The van der Waals surface area contributed by atoms with E-state index in [0.29, 0.717) is 30.9 Å². The second-order valence-corrected chi connectivity index (χ2v) is 13.5. The van der Waals surface area contributed by atoms with Crippen molar-refractivity contribution in [2.45, 2.75) is 82.6 Å². The fourth-order valence-electron chi connectivity index (χ4n) is 6.70. The highest BCUT2D eigenvalue weighted by Crippen LogP contribution is 2.36. The molecule has 0 radical (unpaired) electrons. The maximum absolute atomic E-state index is 13.3. The summed E-state index contributed by atoms with van der Waals surface area (Å²) in [6.07, 6.45) is 7.58. The molecule has 2 bridgehead atoms. The normalized spacial score (nSPS) is 27.4. The Labute approximate surface area is 221 Å².